The third-order valence-corrected chi connectivity index (χ3v) is 4.96. The Balaban J connectivity index is 1.71. The molecule has 0 unspecified atom stereocenters. The van der Waals surface area contributed by atoms with Crippen LogP contribution in [0.4, 0.5) is 8.78 Å². The van der Waals surface area contributed by atoms with Gasteiger partial charge < -0.3 is 9.47 Å². The Morgan fingerprint density at radius 2 is 1.88 bits per heavy atom. The summed E-state index contributed by atoms with van der Waals surface area (Å²) in [7, 11) is 0. The van der Waals surface area contributed by atoms with E-state index < -0.39 is 11.6 Å². The summed E-state index contributed by atoms with van der Waals surface area (Å²) >= 11 is 5.91. The molecule has 1 aromatic heterocycles. The molecule has 4 nitrogen and oxygen atoms in total. The van der Waals surface area contributed by atoms with Crippen LogP contribution in [-0.2, 0) is 0 Å². The second kappa shape index (κ2) is 7.12. The average Bonchev–Trinajstić information content (AvgIpc) is 3.08. The summed E-state index contributed by atoms with van der Waals surface area (Å²) in [5, 5.41) is -0.0682. The van der Waals surface area contributed by atoms with Crippen LogP contribution in [0.5, 0.6) is 0 Å². The van der Waals surface area contributed by atoms with Crippen LogP contribution in [0.2, 0.25) is 5.02 Å². The second-order valence-electron chi connectivity index (χ2n) is 6.60. The topological polar surface area (TPSA) is 38.1 Å². The molecule has 0 radical (unpaired) electrons. The monoisotopic (exact) mass is 367 g/mol. The van der Waals surface area contributed by atoms with E-state index in [1.54, 1.807) is 11.1 Å². The number of hydrogen-bond donors (Lipinski definition) is 0. The highest BCUT2D eigenvalue weighted by Gasteiger charge is 2.28. The molecule has 1 fully saturated rings. The van der Waals surface area contributed by atoms with Crippen molar-refractivity contribution in [3.8, 4) is 0 Å². The molecule has 0 aliphatic carbocycles. The van der Waals surface area contributed by atoms with Gasteiger partial charge in [0.15, 0.2) is 11.6 Å². The van der Waals surface area contributed by atoms with Gasteiger partial charge in [-0.25, -0.2) is 13.8 Å². The molecule has 2 aromatic rings. The lowest BCUT2D eigenvalue weighted by molar-refractivity contribution is 0.0709. The smallest absolute Gasteiger partial charge is 0.255 e. The van der Waals surface area contributed by atoms with Gasteiger partial charge in [0, 0.05) is 37.4 Å². The fraction of sp³-hybridized carbons (Fsp3) is 0.444. The summed E-state index contributed by atoms with van der Waals surface area (Å²) in [6.07, 6.45) is 5.32. The SMILES string of the molecule is CC(C)n1ccnc1C1CCN(C(=O)c2cc(F)c(F)cc2Cl)CC1. The van der Waals surface area contributed by atoms with Gasteiger partial charge in [0.1, 0.15) is 5.82 Å². The fourth-order valence-corrected chi connectivity index (χ4v) is 3.51. The first-order chi connectivity index (χ1) is 11.9. The molecule has 0 atom stereocenters. The van der Waals surface area contributed by atoms with Gasteiger partial charge in [0.05, 0.1) is 10.6 Å². The molecule has 0 saturated carbocycles. The molecule has 134 valence electrons. The van der Waals surface area contributed by atoms with E-state index in [9.17, 15) is 13.6 Å². The zero-order valence-electron chi connectivity index (χ0n) is 14.2. The van der Waals surface area contributed by atoms with Crippen molar-refractivity contribution in [3.63, 3.8) is 0 Å². The van der Waals surface area contributed by atoms with Gasteiger partial charge in [-0.3, -0.25) is 4.79 Å². The van der Waals surface area contributed by atoms with Crippen LogP contribution in [0, 0.1) is 11.6 Å². The number of hydrogen-bond acceptors (Lipinski definition) is 2. The first-order valence-corrected chi connectivity index (χ1v) is 8.72. The van der Waals surface area contributed by atoms with Crippen LogP contribution in [0.15, 0.2) is 24.5 Å². The summed E-state index contributed by atoms with van der Waals surface area (Å²) in [6, 6.07) is 2.05. The van der Waals surface area contributed by atoms with Gasteiger partial charge in [-0.1, -0.05) is 11.6 Å². The number of imidazole rings is 1. The minimum atomic E-state index is -1.07. The zero-order chi connectivity index (χ0) is 18.1. The molecule has 1 aliphatic heterocycles. The van der Waals surface area contributed by atoms with E-state index >= 15 is 0 Å². The van der Waals surface area contributed by atoms with E-state index in [1.807, 2.05) is 6.20 Å². The van der Waals surface area contributed by atoms with Gasteiger partial charge in [-0.15, -0.1) is 0 Å². The molecule has 7 heteroatoms. The van der Waals surface area contributed by atoms with Gasteiger partial charge in [0.2, 0.25) is 0 Å². The maximum absolute atomic E-state index is 13.4. The highest BCUT2D eigenvalue weighted by molar-refractivity contribution is 6.33. The van der Waals surface area contributed by atoms with Gasteiger partial charge >= 0.3 is 0 Å². The highest BCUT2D eigenvalue weighted by Crippen LogP contribution is 2.30. The average molecular weight is 368 g/mol. The molecule has 1 aromatic carbocycles. The first kappa shape index (κ1) is 17.9. The summed E-state index contributed by atoms with van der Waals surface area (Å²) in [5.41, 5.74) is 0.00250. The minimum Gasteiger partial charge on any atom is -0.339 e. The molecule has 3 rings (SSSR count). The fourth-order valence-electron chi connectivity index (χ4n) is 3.28. The third-order valence-electron chi connectivity index (χ3n) is 4.64. The molecule has 25 heavy (non-hydrogen) atoms. The number of carbonyl (C=O) groups excluding carboxylic acids is 1. The minimum absolute atomic E-state index is 0.00250. The summed E-state index contributed by atoms with van der Waals surface area (Å²) < 4.78 is 28.8. The standard InChI is InChI=1S/C18H20ClF2N3O/c1-11(2)24-8-5-22-17(24)12-3-6-23(7-4-12)18(25)13-9-15(20)16(21)10-14(13)19/h5,8-12H,3-4,6-7H2,1-2H3. The van der Waals surface area contributed by atoms with E-state index in [0.29, 0.717) is 19.1 Å². The van der Waals surface area contributed by atoms with Crippen molar-refractivity contribution in [2.45, 2.75) is 38.6 Å². The van der Waals surface area contributed by atoms with Crippen LogP contribution in [-0.4, -0.2) is 33.4 Å². The van der Waals surface area contributed by atoms with Crippen molar-refractivity contribution in [2.75, 3.05) is 13.1 Å². The summed E-state index contributed by atoms with van der Waals surface area (Å²) in [4.78, 5) is 18.7. The zero-order valence-corrected chi connectivity index (χ0v) is 14.9. The number of piperidine rings is 1. The first-order valence-electron chi connectivity index (χ1n) is 8.35. The number of benzene rings is 1. The predicted molar refractivity (Wildman–Crippen MR) is 91.9 cm³/mol. The molecule has 0 spiro atoms. The van der Waals surface area contributed by atoms with Crippen molar-refractivity contribution in [1.29, 1.82) is 0 Å². The molecule has 1 aliphatic rings. The quantitative estimate of drug-likeness (QED) is 0.753. The van der Waals surface area contributed by atoms with Gasteiger partial charge in [0.25, 0.3) is 5.91 Å². The number of carbonyl (C=O) groups is 1. The van der Waals surface area contributed by atoms with Crippen LogP contribution in [0.3, 0.4) is 0 Å². The summed E-state index contributed by atoms with van der Waals surface area (Å²) in [5.74, 6) is -1.17. The maximum atomic E-state index is 13.4. The van der Waals surface area contributed by atoms with Gasteiger partial charge in [-0.2, -0.15) is 0 Å². The maximum Gasteiger partial charge on any atom is 0.255 e. The van der Waals surface area contributed by atoms with Crippen molar-refractivity contribution < 1.29 is 13.6 Å². The molecule has 1 saturated heterocycles. The van der Waals surface area contributed by atoms with Crippen LogP contribution in [0.1, 0.15) is 54.8 Å². The Kier molecular flexibility index (Phi) is 5.08. The van der Waals surface area contributed by atoms with Crippen LogP contribution in [0.25, 0.3) is 0 Å². The summed E-state index contributed by atoms with van der Waals surface area (Å²) in [6.45, 7) is 5.28. The number of amides is 1. The normalized spacial score (nSPS) is 15.8. The van der Waals surface area contributed by atoms with Crippen molar-refractivity contribution in [2.24, 2.45) is 0 Å². The molecular weight excluding hydrogens is 348 g/mol. The Hall–Kier alpha value is -1.95. The van der Waals surface area contributed by atoms with E-state index in [-0.39, 0.29) is 22.4 Å². The number of likely N-dealkylation sites (tertiary alicyclic amines) is 1. The number of aromatic nitrogens is 2. The van der Waals surface area contributed by atoms with Crippen LogP contribution < -0.4 is 0 Å². The Labute approximate surface area is 150 Å². The van der Waals surface area contributed by atoms with Crippen molar-refractivity contribution >= 4 is 17.5 Å². The van der Waals surface area contributed by atoms with E-state index in [1.165, 1.54) is 0 Å². The van der Waals surface area contributed by atoms with E-state index in [2.05, 4.69) is 23.4 Å². The second-order valence-corrected chi connectivity index (χ2v) is 7.01. The Bertz CT molecular complexity index is 783. The third kappa shape index (κ3) is 3.54. The largest absolute Gasteiger partial charge is 0.339 e. The molecule has 0 N–H and O–H groups in total. The number of halogens is 3. The van der Waals surface area contributed by atoms with E-state index in [4.69, 9.17) is 11.6 Å². The molecule has 1 amide bonds. The predicted octanol–water partition coefficient (Wildman–Crippen LogP) is 4.42. The lowest BCUT2D eigenvalue weighted by Gasteiger charge is -2.32. The molecule has 2 heterocycles. The van der Waals surface area contributed by atoms with Crippen molar-refractivity contribution in [3.05, 3.63) is 52.6 Å². The van der Waals surface area contributed by atoms with Crippen molar-refractivity contribution in [1.82, 2.24) is 14.5 Å². The number of nitrogens with zero attached hydrogens (tertiary/aromatic N) is 3. The van der Waals surface area contributed by atoms with Gasteiger partial charge in [-0.05, 0) is 38.8 Å². The van der Waals surface area contributed by atoms with E-state index in [0.717, 1.165) is 30.8 Å². The highest BCUT2D eigenvalue weighted by atomic mass is 35.5. The molecule has 0 bridgehead atoms. The van der Waals surface area contributed by atoms with Crippen LogP contribution >= 0.6 is 11.6 Å². The Morgan fingerprint density at radius 1 is 1.24 bits per heavy atom. The Morgan fingerprint density at radius 3 is 2.52 bits per heavy atom. The lowest BCUT2D eigenvalue weighted by Crippen LogP contribution is -2.38. The molecular formula is C18H20ClF2N3O. The number of rotatable bonds is 3. The lowest BCUT2D eigenvalue weighted by atomic mass is 9.95.